The number of fused-ring (bicyclic) bond motifs is 2. The van der Waals surface area contributed by atoms with Crippen LogP contribution in [0.3, 0.4) is 0 Å². The molecule has 0 saturated heterocycles. The molecule has 0 spiro atoms. The van der Waals surface area contributed by atoms with Crippen molar-refractivity contribution < 1.29 is 40.6 Å². The first-order valence-corrected chi connectivity index (χ1v) is 14.7. The number of halogens is 6. The lowest BCUT2D eigenvalue weighted by Crippen LogP contribution is -2.15. The fraction of sp³-hybridized carbons (Fsp3) is 0.286. The van der Waals surface area contributed by atoms with Crippen molar-refractivity contribution in [3.63, 3.8) is 0 Å². The summed E-state index contributed by atoms with van der Waals surface area (Å²) in [5.41, 5.74) is 3.35. The van der Waals surface area contributed by atoms with Gasteiger partial charge in [-0.2, -0.15) is 26.3 Å². The minimum absolute atomic E-state index is 0.0217. The van der Waals surface area contributed by atoms with E-state index < -0.39 is 40.4 Å². The summed E-state index contributed by atoms with van der Waals surface area (Å²) >= 11 is 0. The van der Waals surface area contributed by atoms with E-state index in [1.165, 1.54) is 24.3 Å². The third-order valence-corrected chi connectivity index (χ3v) is 7.74. The molecule has 6 nitrogen and oxygen atoms in total. The maximum absolute atomic E-state index is 14.0. The molecule has 1 aliphatic rings. The Morgan fingerprint density at radius 1 is 0.851 bits per heavy atom. The third kappa shape index (κ3) is 6.81. The molecular formula is C35H31F6N3O3. The molecule has 0 bridgehead atoms. The topological polar surface area (TPSA) is 97.8 Å². The van der Waals surface area contributed by atoms with Gasteiger partial charge in [0.2, 0.25) is 0 Å². The number of hydrogen-bond donors (Lipinski definition) is 2. The number of esters is 1. The minimum Gasteiger partial charge on any atom is -0.462 e. The van der Waals surface area contributed by atoms with E-state index in [9.17, 15) is 31.1 Å². The van der Waals surface area contributed by atoms with Crippen LogP contribution >= 0.6 is 0 Å². The fourth-order valence-electron chi connectivity index (χ4n) is 5.28. The number of hydrogen-bond acceptors (Lipinski definition) is 5. The SMILES string of the molecule is CCCCOC(=O)c1ccc(Oc2cc(C(C)(C)C)cc3cc4c(c(-c5cc(C(F)(F)F)cc(C(F)(F)F)c5)c23)C(N)=NC4=N)cc1. The number of nitrogens with zero attached hydrogens (tertiary/aromatic N) is 1. The molecule has 0 amide bonds. The van der Waals surface area contributed by atoms with Gasteiger partial charge in [-0.15, -0.1) is 0 Å². The van der Waals surface area contributed by atoms with Crippen LogP contribution in [-0.2, 0) is 22.5 Å². The maximum atomic E-state index is 14.0. The number of alkyl halides is 6. The molecule has 0 unspecified atom stereocenters. The molecule has 4 aromatic carbocycles. The minimum atomic E-state index is -5.10. The van der Waals surface area contributed by atoms with Crippen molar-refractivity contribution in [3.05, 3.63) is 94.0 Å². The number of unbranched alkanes of at least 4 members (excludes halogenated alkanes) is 1. The van der Waals surface area contributed by atoms with Crippen LogP contribution in [0, 0.1) is 5.41 Å². The number of nitrogens with one attached hydrogen (secondary N) is 1. The molecule has 0 atom stereocenters. The molecule has 246 valence electrons. The van der Waals surface area contributed by atoms with E-state index in [0.29, 0.717) is 23.9 Å². The summed E-state index contributed by atoms with van der Waals surface area (Å²) in [5, 5.41) is 8.95. The van der Waals surface area contributed by atoms with Crippen LogP contribution < -0.4 is 10.5 Å². The van der Waals surface area contributed by atoms with Crippen molar-refractivity contribution in [1.82, 2.24) is 0 Å². The van der Waals surface area contributed by atoms with Crippen LogP contribution in [-0.4, -0.2) is 24.2 Å². The molecule has 4 aromatic rings. The number of rotatable bonds is 7. The highest BCUT2D eigenvalue weighted by Crippen LogP contribution is 2.47. The lowest BCUT2D eigenvalue weighted by molar-refractivity contribution is -0.143. The largest absolute Gasteiger partial charge is 0.462 e. The molecular weight excluding hydrogens is 624 g/mol. The van der Waals surface area contributed by atoms with Gasteiger partial charge in [0.25, 0.3) is 0 Å². The zero-order valence-electron chi connectivity index (χ0n) is 25.9. The van der Waals surface area contributed by atoms with E-state index in [0.717, 1.165) is 12.0 Å². The van der Waals surface area contributed by atoms with Gasteiger partial charge in [0, 0.05) is 22.1 Å². The smallest absolute Gasteiger partial charge is 0.416 e. The number of aliphatic imine (C=N–C) groups is 1. The molecule has 0 fully saturated rings. The third-order valence-electron chi connectivity index (χ3n) is 7.74. The molecule has 0 aromatic heterocycles. The predicted octanol–water partition coefficient (Wildman–Crippen LogP) is 9.64. The first-order valence-electron chi connectivity index (χ1n) is 14.7. The van der Waals surface area contributed by atoms with E-state index in [-0.39, 0.29) is 63.5 Å². The highest BCUT2D eigenvalue weighted by molar-refractivity contribution is 6.27. The first kappa shape index (κ1) is 33.5. The molecule has 0 saturated carbocycles. The van der Waals surface area contributed by atoms with Crippen molar-refractivity contribution in [2.75, 3.05) is 6.61 Å². The van der Waals surface area contributed by atoms with Crippen molar-refractivity contribution in [2.45, 2.75) is 58.3 Å². The quantitative estimate of drug-likeness (QED) is 0.118. The van der Waals surface area contributed by atoms with Gasteiger partial charge in [-0.1, -0.05) is 40.2 Å². The Hall–Kier alpha value is -4.87. The summed E-state index contributed by atoms with van der Waals surface area (Å²) < 4.78 is 95.5. The van der Waals surface area contributed by atoms with Gasteiger partial charge >= 0.3 is 18.3 Å². The normalized spacial score (nSPS) is 13.5. The van der Waals surface area contributed by atoms with Crippen molar-refractivity contribution in [1.29, 1.82) is 5.41 Å². The van der Waals surface area contributed by atoms with Crippen LogP contribution in [0.4, 0.5) is 26.3 Å². The lowest BCUT2D eigenvalue weighted by atomic mass is 9.82. The average Bonchev–Trinajstić information content (AvgIpc) is 3.27. The Bertz CT molecular complexity index is 1890. The number of ether oxygens (including phenoxy) is 2. The molecule has 1 heterocycles. The summed E-state index contributed by atoms with van der Waals surface area (Å²) in [5.74, 6) is -0.687. The molecule has 12 heteroatoms. The molecule has 5 rings (SSSR count). The zero-order valence-corrected chi connectivity index (χ0v) is 25.9. The number of benzene rings is 4. The van der Waals surface area contributed by atoms with Crippen molar-refractivity contribution in [2.24, 2.45) is 10.7 Å². The standard InChI is InChI=1S/C35H31F6N3O3/c1-5-6-11-46-32(45)18-7-9-24(10-8-18)47-26-17-21(33(2,3)4)12-20-15-25-29(31(43)44-30(25)42)28(27(20)26)19-13-22(34(36,37)38)16-23(14-19)35(39,40)41/h7-10,12-17H,5-6,11H2,1-4H3,(H3,42,43,44). The van der Waals surface area contributed by atoms with E-state index in [2.05, 4.69) is 4.99 Å². The maximum Gasteiger partial charge on any atom is 0.416 e. The Morgan fingerprint density at radius 3 is 2.02 bits per heavy atom. The molecule has 47 heavy (non-hydrogen) atoms. The Morgan fingerprint density at radius 2 is 1.47 bits per heavy atom. The van der Waals surface area contributed by atoms with Gasteiger partial charge < -0.3 is 15.2 Å². The van der Waals surface area contributed by atoms with Gasteiger partial charge in [0.1, 0.15) is 17.3 Å². The van der Waals surface area contributed by atoms with Crippen molar-refractivity contribution >= 4 is 28.4 Å². The summed E-state index contributed by atoms with van der Waals surface area (Å²) in [7, 11) is 0. The molecule has 3 N–H and O–H groups in total. The summed E-state index contributed by atoms with van der Waals surface area (Å²) in [6.07, 6.45) is -8.65. The lowest BCUT2D eigenvalue weighted by Gasteiger charge is -2.24. The summed E-state index contributed by atoms with van der Waals surface area (Å²) in [6, 6.07) is 12.3. The predicted molar refractivity (Wildman–Crippen MR) is 167 cm³/mol. The first-order chi connectivity index (χ1) is 21.9. The van der Waals surface area contributed by atoms with Crippen molar-refractivity contribution in [3.8, 4) is 22.6 Å². The monoisotopic (exact) mass is 655 g/mol. The Balaban J connectivity index is 1.79. The van der Waals surface area contributed by atoms with Gasteiger partial charge in [-0.25, -0.2) is 9.79 Å². The molecule has 0 aliphatic carbocycles. The van der Waals surface area contributed by atoms with E-state index in [1.54, 1.807) is 18.2 Å². The second-order valence-electron chi connectivity index (χ2n) is 12.3. The zero-order chi connectivity index (χ0) is 34.5. The highest BCUT2D eigenvalue weighted by Gasteiger charge is 2.38. The van der Waals surface area contributed by atoms with Crippen LogP contribution in [0.25, 0.3) is 21.9 Å². The number of carbonyl (C=O) groups is 1. The van der Waals surface area contributed by atoms with Crippen LogP contribution in [0.15, 0.2) is 65.7 Å². The summed E-state index contributed by atoms with van der Waals surface area (Å²) in [4.78, 5) is 16.4. The second-order valence-corrected chi connectivity index (χ2v) is 12.3. The van der Waals surface area contributed by atoms with Gasteiger partial charge in [0.05, 0.1) is 23.3 Å². The fourth-order valence-corrected chi connectivity index (χ4v) is 5.28. The van der Waals surface area contributed by atoms with Crippen LogP contribution in [0.2, 0.25) is 0 Å². The van der Waals surface area contributed by atoms with E-state index in [1.807, 2.05) is 27.7 Å². The van der Waals surface area contributed by atoms with Crippen LogP contribution in [0.5, 0.6) is 11.5 Å². The number of carbonyl (C=O) groups excluding carboxylic acids is 1. The van der Waals surface area contributed by atoms with E-state index >= 15 is 0 Å². The van der Waals surface area contributed by atoms with Gasteiger partial charge in [-0.3, -0.25) is 5.41 Å². The number of nitrogens with two attached hydrogens (primary N) is 1. The second kappa shape index (κ2) is 12.1. The van der Waals surface area contributed by atoms with Crippen LogP contribution in [0.1, 0.15) is 78.7 Å². The van der Waals surface area contributed by atoms with E-state index in [4.69, 9.17) is 20.6 Å². The Kier molecular flexibility index (Phi) is 8.59. The Labute approximate surface area is 266 Å². The molecule has 0 radical (unpaired) electrons. The summed E-state index contributed by atoms with van der Waals surface area (Å²) in [6.45, 7) is 8.01. The highest BCUT2D eigenvalue weighted by atomic mass is 19.4. The number of amidine groups is 2. The molecule has 1 aliphatic heterocycles. The average molecular weight is 656 g/mol. The van der Waals surface area contributed by atoms with Gasteiger partial charge in [-0.05, 0) is 82.9 Å². The van der Waals surface area contributed by atoms with Gasteiger partial charge in [0.15, 0.2) is 5.84 Å².